The van der Waals surface area contributed by atoms with Gasteiger partial charge in [-0.3, -0.25) is 4.90 Å². The van der Waals surface area contributed by atoms with Crippen LogP contribution in [0.1, 0.15) is 48.1 Å². The van der Waals surface area contributed by atoms with Gasteiger partial charge in [-0.1, -0.05) is 6.92 Å². The van der Waals surface area contributed by atoms with Crippen LogP contribution >= 0.6 is 0 Å². The fourth-order valence-electron chi connectivity index (χ4n) is 4.57. The molecule has 0 bridgehead atoms. The molecule has 0 radical (unpaired) electrons. The Kier molecular flexibility index (Phi) is 5.34. The molecule has 1 saturated heterocycles. The Morgan fingerprint density at radius 1 is 1.18 bits per heavy atom. The highest BCUT2D eigenvalue weighted by atomic mass is 16.5. The van der Waals surface area contributed by atoms with E-state index in [2.05, 4.69) is 35.9 Å². The largest absolute Gasteiger partial charge is 0.493 e. The number of aromatic amines is 1. The highest BCUT2D eigenvalue weighted by Crippen LogP contribution is 2.45. The van der Waals surface area contributed by atoms with Gasteiger partial charge in [0.2, 0.25) is 0 Å². The number of likely N-dealkylation sites (tertiary alicyclic amines) is 1. The van der Waals surface area contributed by atoms with Crippen molar-refractivity contribution in [1.82, 2.24) is 14.9 Å². The Labute approximate surface area is 167 Å². The van der Waals surface area contributed by atoms with Crippen molar-refractivity contribution in [3.63, 3.8) is 0 Å². The minimum atomic E-state index is -0.209. The molecule has 4 rings (SSSR count). The lowest BCUT2D eigenvalue weighted by Gasteiger charge is -2.45. The summed E-state index contributed by atoms with van der Waals surface area (Å²) in [5, 5.41) is 0. The summed E-state index contributed by atoms with van der Waals surface area (Å²) in [5.74, 6) is 2.66. The second kappa shape index (κ2) is 7.76. The zero-order valence-corrected chi connectivity index (χ0v) is 17.4. The number of H-pyrrole nitrogens is 1. The second-order valence-electron chi connectivity index (χ2n) is 7.84. The van der Waals surface area contributed by atoms with Gasteiger partial charge in [-0.25, -0.2) is 4.98 Å². The van der Waals surface area contributed by atoms with Crippen LogP contribution in [-0.4, -0.2) is 48.8 Å². The number of aromatic nitrogens is 2. The molecule has 0 aliphatic carbocycles. The Balaban J connectivity index is 1.52. The average Bonchev–Trinajstić information content (AvgIpc) is 3.08. The summed E-state index contributed by atoms with van der Waals surface area (Å²) in [6.07, 6.45) is 3.84. The number of methoxy groups -OCH3 is 2. The first-order valence-corrected chi connectivity index (χ1v) is 10.2. The lowest BCUT2D eigenvalue weighted by atomic mass is 9.79. The van der Waals surface area contributed by atoms with Gasteiger partial charge in [-0.05, 0) is 49.4 Å². The van der Waals surface area contributed by atoms with Crippen molar-refractivity contribution >= 4 is 0 Å². The molecule has 2 aliphatic rings. The van der Waals surface area contributed by atoms with Crippen molar-refractivity contribution in [2.75, 3.05) is 33.9 Å². The minimum Gasteiger partial charge on any atom is -0.493 e. The summed E-state index contributed by atoms with van der Waals surface area (Å²) < 4.78 is 17.5. The van der Waals surface area contributed by atoms with Gasteiger partial charge in [0.05, 0.1) is 32.1 Å². The highest BCUT2D eigenvalue weighted by molar-refractivity contribution is 5.50. The number of piperidine rings is 1. The standard InChI is InChI=1S/C22H31N3O3/c1-5-21-23-15(2)18(24-21)14-25-9-7-22(8-10-25)17-13-20(27-4)19(26-3)12-16(17)6-11-28-22/h12-13H,5-11,14H2,1-4H3,(H,23,24). The van der Waals surface area contributed by atoms with Gasteiger partial charge in [-0.2, -0.15) is 0 Å². The van der Waals surface area contributed by atoms with Crippen molar-refractivity contribution in [2.45, 2.75) is 51.7 Å². The van der Waals surface area contributed by atoms with Crippen LogP contribution in [0, 0.1) is 6.92 Å². The molecule has 6 nitrogen and oxygen atoms in total. The van der Waals surface area contributed by atoms with Crippen LogP contribution in [0.25, 0.3) is 0 Å². The van der Waals surface area contributed by atoms with Crippen molar-refractivity contribution in [3.05, 3.63) is 40.5 Å². The summed E-state index contributed by atoms with van der Waals surface area (Å²) in [6.45, 7) is 7.92. The van der Waals surface area contributed by atoms with E-state index in [4.69, 9.17) is 19.2 Å². The molecule has 1 fully saturated rings. The first-order valence-electron chi connectivity index (χ1n) is 10.2. The molecule has 0 amide bonds. The number of hydrogen-bond acceptors (Lipinski definition) is 5. The number of fused-ring (bicyclic) bond motifs is 2. The van der Waals surface area contributed by atoms with Crippen molar-refractivity contribution in [3.8, 4) is 11.5 Å². The molecule has 1 spiro atoms. The van der Waals surface area contributed by atoms with Crippen LogP contribution in [0.3, 0.4) is 0 Å². The van der Waals surface area contributed by atoms with Crippen molar-refractivity contribution in [2.24, 2.45) is 0 Å². The Morgan fingerprint density at radius 2 is 1.89 bits per heavy atom. The summed E-state index contributed by atoms with van der Waals surface area (Å²) in [4.78, 5) is 10.6. The summed E-state index contributed by atoms with van der Waals surface area (Å²) in [6, 6.07) is 4.26. The minimum absolute atomic E-state index is 0.209. The quantitative estimate of drug-likeness (QED) is 0.855. The Hall–Kier alpha value is -2.05. The van der Waals surface area contributed by atoms with Gasteiger partial charge in [-0.15, -0.1) is 0 Å². The molecule has 1 aromatic heterocycles. The summed E-state index contributed by atoms with van der Waals surface area (Å²) in [5.41, 5.74) is 4.75. The fraction of sp³-hybridized carbons (Fsp3) is 0.591. The van der Waals surface area contributed by atoms with Gasteiger partial charge in [0, 0.05) is 31.7 Å². The predicted molar refractivity (Wildman–Crippen MR) is 108 cm³/mol. The van der Waals surface area contributed by atoms with Crippen molar-refractivity contribution in [1.29, 1.82) is 0 Å². The first kappa shape index (κ1) is 19.3. The van der Waals surface area contributed by atoms with E-state index in [1.807, 2.05) is 0 Å². The van der Waals surface area contributed by atoms with Crippen LogP contribution in [0.4, 0.5) is 0 Å². The Bertz CT molecular complexity index is 838. The van der Waals surface area contributed by atoms with Crippen LogP contribution in [0.2, 0.25) is 0 Å². The van der Waals surface area contributed by atoms with Gasteiger partial charge >= 0.3 is 0 Å². The van der Waals surface area contributed by atoms with E-state index in [9.17, 15) is 0 Å². The fourth-order valence-corrected chi connectivity index (χ4v) is 4.57. The molecule has 152 valence electrons. The molecule has 1 aromatic carbocycles. The number of benzene rings is 1. The van der Waals surface area contributed by atoms with Crippen molar-refractivity contribution < 1.29 is 14.2 Å². The third-order valence-corrected chi connectivity index (χ3v) is 6.26. The van der Waals surface area contributed by atoms with E-state index in [1.165, 1.54) is 22.5 Å². The molecule has 3 heterocycles. The molecule has 2 aromatic rings. The normalized spacial score (nSPS) is 18.9. The molecular formula is C22H31N3O3. The number of ether oxygens (including phenoxy) is 3. The van der Waals surface area contributed by atoms with E-state index in [0.717, 1.165) is 69.2 Å². The zero-order valence-electron chi connectivity index (χ0n) is 17.4. The predicted octanol–water partition coefficient (Wildman–Crippen LogP) is 3.36. The van der Waals surface area contributed by atoms with Crippen LogP contribution < -0.4 is 9.47 Å². The maximum atomic E-state index is 6.40. The number of nitrogens with zero attached hydrogens (tertiary/aromatic N) is 2. The topological polar surface area (TPSA) is 59.6 Å². The van der Waals surface area contributed by atoms with Crippen LogP contribution in [-0.2, 0) is 29.7 Å². The molecule has 28 heavy (non-hydrogen) atoms. The lowest BCUT2D eigenvalue weighted by Crippen LogP contribution is -2.46. The second-order valence-corrected chi connectivity index (χ2v) is 7.84. The van der Waals surface area contributed by atoms with E-state index >= 15 is 0 Å². The highest BCUT2D eigenvalue weighted by Gasteiger charge is 2.41. The van der Waals surface area contributed by atoms with E-state index in [1.54, 1.807) is 14.2 Å². The van der Waals surface area contributed by atoms with E-state index < -0.39 is 0 Å². The number of rotatable bonds is 5. The molecular weight excluding hydrogens is 354 g/mol. The van der Waals surface area contributed by atoms with Gasteiger partial charge in [0.15, 0.2) is 11.5 Å². The average molecular weight is 386 g/mol. The molecule has 1 N–H and O–H groups in total. The molecule has 0 saturated carbocycles. The smallest absolute Gasteiger partial charge is 0.161 e. The number of imidazole rings is 1. The zero-order chi connectivity index (χ0) is 19.7. The molecule has 2 aliphatic heterocycles. The van der Waals surface area contributed by atoms with Gasteiger partial charge in [0.25, 0.3) is 0 Å². The molecule has 0 atom stereocenters. The lowest BCUT2D eigenvalue weighted by molar-refractivity contribution is -0.0991. The van der Waals surface area contributed by atoms with Gasteiger partial charge in [0.1, 0.15) is 5.82 Å². The third-order valence-electron chi connectivity index (χ3n) is 6.26. The van der Waals surface area contributed by atoms with Crippen LogP contribution in [0.15, 0.2) is 12.1 Å². The maximum absolute atomic E-state index is 6.40. The van der Waals surface area contributed by atoms with Gasteiger partial charge < -0.3 is 19.2 Å². The number of nitrogens with one attached hydrogen (secondary N) is 1. The van der Waals surface area contributed by atoms with Crippen LogP contribution in [0.5, 0.6) is 11.5 Å². The third kappa shape index (κ3) is 3.40. The number of hydrogen-bond donors (Lipinski definition) is 1. The van der Waals surface area contributed by atoms with E-state index in [0.29, 0.717) is 0 Å². The first-order chi connectivity index (χ1) is 13.6. The Morgan fingerprint density at radius 3 is 2.54 bits per heavy atom. The SMILES string of the molecule is CCc1nc(CN2CCC3(CC2)OCCc2cc(OC)c(OC)cc23)c(C)[nH]1. The number of aryl methyl sites for hydroxylation is 2. The summed E-state index contributed by atoms with van der Waals surface area (Å²) in [7, 11) is 3.39. The van der Waals surface area contributed by atoms with E-state index in [-0.39, 0.29) is 5.60 Å². The summed E-state index contributed by atoms with van der Waals surface area (Å²) >= 11 is 0. The monoisotopic (exact) mass is 385 g/mol. The maximum Gasteiger partial charge on any atom is 0.161 e. The molecule has 0 unspecified atom stereocenters. The molecule has 6 heteroatoms.